The Morgan fingerprint density at radius 3 is 2.95 bits per heavy atom. The van der Waals surface area contributed by atoms with Crippen LogP contribution in [0.25, 0.3) is 0 Å². The maximum atomic E-state index is 14.0. The molecule has 0 amide bonds. The summed E-state index contributed by atoms with van der Waals surface area (Å²) in [7, 11) is 1.61. The number of nitrogens with zero attached hydrogens (tertiary/aromatic N) is 3. The van der Waals surface area contributed by atoms with Crippen LogP contribution in [0.5, 0.6) is 0 Å². The Morgan fingerprint density at radius 1 is 1.38 bits per heavy atom. The van der Waals surface area contributed by atoms with E-state index in [1.165, 1.54) is 23.1 Å². The molecule has 0 saturated heterocycles. The van der Waals surface area contributed by atoms with Crippen molar-refractivity contribution in [3.8, 4) is 0 Å². The zero-order valence-electron chi connectivity index (χ0n) is 11.4. The summed E-state index contributed by atoms with van der Waals surface area (Å²) < 4.78 is 34.3. The van der Waals surface area contributed by atoms with Crippen molar-refractivity contribution in [1.29, 1.82) is 0 Å². The van der Waals surface area contributed by atoms with Crippen LogP contribution in [0.3, 0.4) is 0 Å². The largest absolute Gasteiger partial charge is 0.383 e. The summed E-state index contributed by atoms with van der Waals surface area (Å²) in [6.07, 6.45) is 1.36. The number of halogens is 3. The van der Waals surface area contributed by atoms with Gasteiger partial charge in [-0.05, 0) is 28.1 Å². The third kappa shape index (κ3) is 4.05. The van der Waals surface area contributed by atoms with Gasteiger partial charge in [-0.3, -0.25) is 0 Å². The van der Waals surface area contributed by atoms with Crippen LogP contribution in [0, 0.1) is 11.6 Å². The minimum absolute atomic E-state index is 0.0155. The van der Waals surface area contributed by atoms with E-state index in [-0.39, 0.29) is 16.6 Å². The van der Waals surface area contributed by atoms with Crippen molar-refractivity contribution in [1.82, 2.24) is 20.1 Å². The average Bonchev–Trinajstić information content (AvgIpc) is 2.91. The van der Waals surface area contributed by atoms with Crippen molar-refractivity contribution in [2.75, 3.05) is 20.3 Å². The molecule has 1 aromatic heterocycles. The van der Waals surface area contributed by atoms with Gasteiger partial charge in [-0.2, -0.15) is 5.10 Å². The molecule has 2 rings (SSSR count). The van der Waals surface area contributed by atoms with Gasteiger partial charge >= 0.3 is 0 Å². The fraction of sp³-hybridized carbons (Fsp3) is 0.385. The highest BCUT2D eigenvalue weighted by molar-refractivity contribution is 9.10. The molecule has 0 bridgehead atoms. The monoisotopic (exact) mass is 360 g/mol. The van der Waals surface area contributed by atoms with Crippen molar-refractivity contribution < 1.29 is 13.5 Å². The highest BCUT2D eigenvalue weighted by Crippen LogP contribution is 2.22. The number of hydrogen-bond donors (Lipinski definition) is 1. The van der Waals surface area contributed by atoms with E-state index < -0.39 is 11.6 Å². The van der Waals surface area contributed by atoms with Crippen LogP contribution in [-0.4, -0.2) is 35.0 Å². The van der Waals surface area contributed by atoms with Crippen LogP contribution in [0.4, 0.5) is 8.78 Å². The second-order valence-corrected chi connectivity index (χ2v) is 5.18. The molecule has 2 aromatic rings. The third-order valence-electron chi connectivity index (χ3n) is 2.91. The molecule has 0 radical (unpaired) electrons. The smallest absolute Gasteiger partial charge is 0.145 e. The van der Waals surface area contributed by atoms with Gasteiger partial charge in [0, 0.05) is 19.2 Å². The molecule has 1 heterocycles. The standard InChI is InChI=1S/C13H15BrF2N4O/c1-21-5-4-17-6-12-18-8-19-20(12)7-9-11(15)3-2-10(14)13(9)16/h2-3,8,17H,4-7H2,1H3. The average molecular weight is 361 g/mol. The van der Waals surface area contributed by atoms with Gasteiger partial charge in [0.15, 0.2) is 0 Å². The SMILES string of the molecule is COCCNCc1ncnn1Cc1c(F)ccc(Br)c1F. The zero-order chi connectivity index (χ0) is 15.2. The molecule has 114 valence electrons. The van der Waals surface area contributed by atoms with Crippen LogP contribution >= 0.6 is 15.9 Å². The lowest BCUT2D eigenvalue weighted by Crippen LogP contribution is -2.22. The van der Waals surface area contributed by atoms with Crippen molar-refractivity contribution in [2.45, 2.75) is 13.1 Å². The summed E-state index contributed by atoms with van der Waals surface area (Å²) in [5.74, 6) is -0.627. The van der Waals surface area contributed by atoms with E-state index in [9.17, 15) is 8.78 Å². The lowest BCUT2D eigenvalue weighted by Gasteiger charge is -2.09. The van der Waals surface area contributed by atoms with Crippen molar-refractivity contribution >= 4 is 15.9 Å². The fourth-order valence-corrected chi connectivity index (χ4v) is 2.17. The number of nitrogens with one attached hydrogen (secondary N) is 1. The Labute approximate surface area is 129 Å². The van der Waals surface area contributed by atoms with Crippen molar-refractivity contribution in [3.05, 3.63) is 46.0 Å². The number of ether oxygens (including phenoxy) is 1. The van der Waals surface area contributed by atoms with E-state index >= 15 is 0 Å². The predicted octanol–water partition coefficient (Wildman–Crippen LogP) is 2.10. The van der Waals surface area contributed by atoms with Gasteiger partial charge in [0.25, 0.3) is 0 Å². The summed E-state index contributed by atoms with van der Waals surface area (Å²) >= 11 is 3.05. The first-order chi connectivity index (χ1) is 10.1. The number of benzene rings is 1. The van der Waals surface area contributed by atoms with E-state index in [2.05, 4.69) is 31.3 Å². The summed E-state index contributed by atoms with van der Waals surface area (Å²) in [4.78, 5) is 4.08. The Kier molecular flexibility index (Phi) is 5.77. The second-order valence-electron chi connectivity index (χ2n) is 4.33. The van der Waals surface area contributed by atoms with Crippen LogP contribution < -0.4 is 5.32 Å². The number of methoxy groups -OCH3 is 1. The van der Waals surface area contributed by atoms with Gasteiger partial charge in [-0.25, -0.2) is 18.4 Å². The Morgan fingerprint density at radius 2 is 2.19 bits per heavy atom. The minimum Gasteiger partial charge on any atom is -0.383 e. The van der Waals surface area contributed by atoms with Crippen LogP contribution in [0.1, 0.15) is 11.4 Å². The molecule has 0 aliphatic rings. The molecule has 5 nitrogen and oxygen atoms in total. The van der Waals surface area contributed by atoms with Crippen LogP contribution in [-0.2, 0) is 17.8 Å². The summed E-state index contributed by atoms with van der Waals surface area (Å²) in [5.41, 5.74) is -0.0481. The first-order valence-corrected chi connectivity index (χ1v) is 7.11. The van der Waals surface area contributed by atoms with Gasteiger partial charge in [0.05, 0.1) is 24.2 Å². The minimum atomic E-state index is -0.621. The molecule has 0 aliphatic heterocycles. The molecule has 0 unspecified atom stereocenters. The van der Waals surface area contributed by atoms with Crippen LogP contribution in [0.15, 0.2) is 22.9 Å². The second kappa shape index (κ2) is 7.58. The molecular weight excluding hydrogens is 346 g/mol. The van der Waals surface area contributed by atoms with E-state index in [4.69, 9.17) is 4.74 Å². The lowest BCUT2D eigenvalue weighted by molar-refractivity contribution is 0.198. The number of aromatic nitrogens is 3. The molecule has 0 fully saturated rings. The van der Waals surface area contributed by atoms with Gasteiger partial charge in [-0.1, -0.05) is 0 Å². The predicted molar refractivity (Wildman–Crippen MR) is 76.8 cm³/mol. The maximum Gasteiger partial charge on any atom is 0.145 e. The van der Waals surface area contributed by atoms with E-state index in [0.717, 1.165) is 0 Å². The molecule has 1 aromatic carbocycles. The Balaban J connectivity index is 2.10. The quantitative estimate of drug-likeness (QED) is 0.606. The van der Waals surface area contributed by atoms with Crippen molar-refractivity contribution in [2.24, 2.45) is 0 Å². The van der Waals surface area contributed by atoms with E-state index in [1.807, 2.05) is 0 Å². The van der Waals surface area contributed by atoms with E-state index in [1.54, 1.807) is 7.11 Å². The zero-order valence-corrected chi connectivity index (χ0v) is 13.0. The number of hydrogen-bond acceptors (Lipinski definition) is 4. The summed E-state index contributed by atoms with van der Waals surface area (Å²) in [5, 5.41) is 7.12. The molecule has 1 N–H and O–H groups in total. The fourth-order valence-electron chi connectivity index (χ4n) is 1.80. The van der Waals surface area contributed by atoms with Gasteiger partial charge in [0.2, 0.25) is 0 Å². The molecule has 8 heteroatoms. The highest BCUT2D eigenvalue weighted by atomic mass is 79.9. The molecular formula is C13H15BrF2N4O. The molecule has 0 saturated carbocycles. The number of rotatable bonds is 7. The van der Waals surface area contributed by atoms with Gasteiger partial charge in [0.1, 0.15) is 23.8 Å². The summed E-state index contributed by atoms with van der Waals surface area (Å²) in [6.45, 7) is 1.66. The van der Waals surface area contributed by atoms with E-state index in [0.29, 0.717) is 25.5 Å². The summed E-state index contributed by atoms with van der Waals surface area (Å²) in [6, 6.07) is 2.55. The Hall–Kier alpha value is -1.38. The first kappa shape index (κ1) is 16.0. The molecule has 0 atom stereocenters. The topological polar surface area (TPSA) is 52.0 Å². The van der Waals surface area contributed by atoms with Crippen LogP contribution in [0.2, 0.25) is 0 Å². The molecule has 21 heavy (non-hydrogen) atoms. The molecule has 0 aliphatic carbocycles. The normalized spacial score (nSPS) is 11.0. The maximum absolute atomic E-state index is 14.0. The lowest BCUT2D eigenvalue weighted by atomic mass is 10.2. The third-order valence-corrected chi connectivity index (χ3v) is 3.52. The highest BCUT2D eigenvalue weighted by Gasteiger charge is 2.15. The molecule has 0 spiro atoms. The first-order valence-electron chi connectivity index (χ1n) is 6.32. The van der Waals surface area contributed by atoms with Gasteiger partial charge < -0.3 is 10.1 Å². The van der Waals surface area contributed by atoms with Crippen molar-refractivity contribution in [3.63, 3.8) is 0 Å². The van der Waals surface area contributed by atoms with Gasteiger partial charge in [-0.15, -0.1) is 0 Å². The Bertz CT molecular complexity index is 606.